The molecule has 5 nitrogen and oxygen atoms in total. The Labute approximate surface area is 130 Å². The van der Waals surface area contributed by atoms with Gasteiger partial charge in [0.05, 0.1) is 0 Å². The van der Waals surface area contributed by atoms with Crippen LogP contribution in [0.5, 0.6) is 0 Å². The second-order valence-corrected chi connectivity index (χ2v) is 5.54. The number of ketones is 1. The van der Waals surface area contributed by atoms with Gasteiger partial charge in [-0.1, -0.05) is 11.6 Å². The Morgan fingerprint density at radius 2 is 1.73 bits per heavy atom. The summed E-state index contributed by atoms with van der Waals surface area (Å²) in [4.78, 5) is 25.0. The molecule has 3 N–H and O–H groups in total. The fourth-order valence-corrected chi connectivity index (χ4v) is 1.97. The number of nitrogens with two attached hydrogens (primary N) is 1. The van der Waals surface area contributed by atoms with Crippen LogP contribution in [0.4, 0.5) is 5.69 Å². The SMILES string of the molecule is CC(/C=C/C(N)=O)=C\[C@@](C)(O)C(=O)c1ccc(N(C)C)cc1. The summed E-state index contributed by atoms with van der Waals surface area (Å²) in [6.07, 6.45) is 4.03. The van der Waals surface area contributed by atoms with E-state index in [9.17, 15) is 14.7 Å². The molecule has 1 amide bonds. The number of Topliss-reactive ketones (excluding diaryl/α,β-unsaturated/α-hetero) is 1. The van der Waals surface area contributed by atoms with Crippen LogP contribution in [0.15, 0.2) is 48.1 Å². The first-order valence-corrected chi connectivity index (χ1v) is 6.85. The van der Waals surface area contributed by atoms with Crippen LogP contribution in [-0.4, -0.2) is 36.5 Å². The van der Waals surface area contributed by atoms with Crippen molar-refractivity contribution in [3.63, 3.8) is 0 Å². The van der Waals surface area contributed by atoms with Gasteiger partial charge in [-0.25, -0.2) is 0 Å². The fourth-order valence-electron chi connectivity index (χ4n) is 1.97. The number of benzene rings is 1. The highest BCUT2D eigenvalue weighted by Gasteiger charge is 2.28. The van der Waals surface area contributed by atoms with Crippen LogP contribution in [0, 0.1) is 0 Å². The van der Waals surface area contributed by atoms with Crippen molar-refractivity contribution in [3.05, 3.63) is 53.6 Å². The average Bonchev–Trinajstić information content (AvgIpc) is 2.44. The maximum absolute atomic E-state index is 12.4. The first kappa shape index (κ1) is 17.7. The largest absolute Gasteiger partial charge is 0.378 e. The first-order chi connectivity index (χ1) is 10.1. The van der Waals surface area contributed by atoms with Gasteiger partial charge in [-0.3, -0.25) is 9.59 Å². The van der Waals surface area contributed by atoms with Gasteiger partial charge in [-0.15, -0.1) is 0 Å². The molecule has 0 spiro atoms. The standard InChI is InChI=1S/C17H22N2O3/c1-12(5-10-15(18)20)11-17(2,22)16(21)13-6-8-14(9-7-13)19(3)4/h5-11,22H,1-4H3,(H2,18,20)/b10-5+,12-11+/t17-/m1/s1. The van der Waals surface area contributed by atoms with E-state index in [4.69, 9.17) is 5.73 Å². The summed E-state index contributed by atoms with van der Waals surface area (Å²) in [6, 6.07) is 6.98. The lowest BCUT2D eigenvalue weighted by Crippen LogP contribution is -2.33. The smallest absolute Gasteiger partial charge is 0.241 e. The van der Waals surface area contributed by atoms with E-state index in [0.29, 0.717) is 11.1 Å². The molecule has 5 heteroatoms. The number of hydrogen-bond acceptors (Lipinski definition) is 4. The summed E-state index contributed by atoms with van der Waals surface area (Å²) < 4.78 is 0. The number of nitrogens with zero attached hydrogens (tertiary/aromatic N) is 1. The molecule has 0 fully saturated rings. The lowest BCUT2D eigenvalue weighted by atomic mass is 9.92. The maximum Gasteiger partial charge on any atom is 0.241 e. The molecule has 0 saturated heterocycles. The van der Waals surface area contributed by atoms with Crippen LogP contribution >= 0.6 is 0 Å². The van der Waals surface area contributed by atoms with Gasteiger partial charge < -0.3 is 15.7 Å². The van der Waals surface area contributed by atoms with Crippen LogP contribution < -0.4 is 10.6 Å². The van der Waals surface area contributed by atoms with Gasteiger partial charge in [0.2, 0.25) is 5.91 Å². The summed E-state index contributed by atoms with van der Waals surface area (Å²) in [6.45, 7) is 3.09. The minimum atomic E-state index is -1.66. The van der Waals surface area contributed by atoms with Crippen LogP contribution in [0.25, 0.3) is 0 Å². The van der Waals surface area contributed by atoms with Gasteiger partial charge in [0.25, 0.3) is 0 Å². The van der Waals surface area contributed by atoms with E-state index >= 15 is 0 Å². The van der Waals surface area contributed by atoms with Crippen LogP contribution in [0.3, 0.4) is 0 Å². The fraction of sp³-hybridized carbons (Fsp3) is 0.294. The highest BCUT2D eigenvalue weighted by atomic mass is 16.3. The Morgan fingerprint density at radius 3 is 2.18 bits per heavy atom. The molecule has 0 aliphatic rings. The molecule has 0 aromatic heterocycles. The summed E-state index contributed by atoms with van der Waals surface area (Å²) in [5.74, 6) is -0.998. The summed E-state index contributed by atoms with van der Waals surface area (Å²) >= 11 is 0. The van der Waals surface area contributed by atoms with Crippen molar-refractivity contribution in [1.29, 1.82) is 0 Å². The number of primary amides is 1. The molecule has 1 aromatic carbocycles. The maximum atomic E-state index is 12.4. The molecule has 0 aliphatic heterocycles. The van der Waals surface area contributed by atoms with Crippen molar-refractivity contribution in [2.75, 3.05) is 19.0 Å². The number of aliphatic hydroxyl groups is 1. The lowest BCUT2D eigenvalue weighted by Gasteiger charge is -2.19. The van der Waals surface area contributed by atoms with Crippen molar-refractivity contribution in [2.45, 2.75) is 19.4 Å². The van der Waals surface area contributed by atoms with E-state index in [1.54, 1.807) is 19.1 Å². The van der Waals surface area contributed by atoms with E-state index in [0.717, 1.165) is 5.69 Å². The predicted molar refractivity (Wildman–Crippen MR) is 87.8 cm³/mol. The third-order valence-electron chi connectivity index (χ3n) is 3.12. The van der Waals surface area contributed by atoms with Crippen LogP contribution in [-0.2, 0) is 4.79 Å². The molecular weight excluding hydrogens is 280 g/mol. The Hall–Kier alpha value is -2.40. The molecule has 1 atom stereocenters. The molecule has 0 radical (unpaired) electrons. The summed E-state index contributed by atoms with van der Waals surface area (Å²) in [5.41, 5.74) is 5.30. The van der Waals surface area contributed by atoms with Gasteiger partial charge in [-0.05, 0) is 44.2 Å². The number of amides is 1. The zero-order valence-corrected chi connectivity index (χ0v) is 13.3. The number of rotatable bonds is 6. The zero-order valence-electron chi connectivity index (χ0n) is 13.3. The van der Waals surface area contributed by atoms with E-state index in [1.807, 2.05) is 31.1 Å². The average molecular weight is 302 g/mol. The van der Waals surface area contributed by atoms with Gasteiger partial charge in [0.15, 0.2) is 5.78 Å². The highest BCUT2D eigenvalue weighted by Crippen LogP contribution is 2.19. The monoisotopic (exact) mass is 302 g/mol. The number of allylic oxidation sites excluding steroid dienone is 2. The molecule has 0 heterocycles. The molecule has 1 aromatic rings. The lowest BCUT2D eigenvalue weighted by molar-refractivity contribution is -0.113. The van der Waals surface area contributed by atoms with Crippen molar-refractivity contribution < 1.29 is 14.7 Å². The third kappa shape index (κ3) is 4.86. The topological polar surface area (TPSA) is 83.6 Å². The number of carbonyl (C=O) groups excluding carboxylic acids is 2. The van der Waals surface area contributed by atoms with Crippen molar-refractivity contribution in [1.82, 2.24) is 0 Å². The minimum absolute atomic E-state index is 0.412. The van der Waals surface area contributed by atoms with E-state index < -0.39 is 17.3 Å². The van der Waals surface area contributed by atoms with Gasteiger partial charge in [0, 0.05) is 31.4 Å². The Morgan fingerprint density at radius 1 is 1.18 bits per heavy atom. The molecule has 22 heavy (non-hydrogen) atoms. The second-order valence-electron chi connectivity index (χ2n) is 5.54. The first-order valence-electron chi connectivity index (χ1n) is 6.85. The summed E-state index contributed by atoms with van der Waals surface area (Å²) in [7, 11) is 3.81. The van der Waals surface area contributed by atoms with E-state index in [-0.39, 0.29) is 0 Å². The Kier molecular flexibility index (Phi) is 5.65. The third-order valence-corrected chi connectivity index (χ3v) is 3.12. The summed E-state index contributed by atoms with van der Waals surface area (Å²) in [5, 5.41) is 10.4. The number of anilines is 1. The molecule has 118 valence electrons. The van der Waals surface area contributed by atoms with Crippen molar-refractivity contribution >= 4 is 17.4 Å². The molecule has 0 aliphatic carbocycles. The van der Waals surface area contributed by atoms with Crippen LogP contribution in [0.1, 0.15) is 24.2 Å². The predicted octanol–water partition coefficient (Wildman–Crippen LogP) is 1.67. The molecule has 1 rings (SSSR count). The van der Waals surface area contributed by atoms with Crippen molar-refractivity contribution in [2.24, 2.45) is 5.73 Å². The second kappa shape index (κ2) is 7.04. The normalized spacial score (nSPS) is 14.7. The molecule has 0 bridgehead atoms. The molecule has 0 saturated carbocycles. The van der Waals surface area contributed by atoms with E-state index in [1.165, 1.54) is 25.2 Å². The number of carbonyl (C=O) groups is 2. The quantitative estimate of drug-likeness (QED) is 0.476. The van der Waals surface area contributed by atoms with E-state index in [2.05, 4.69) is 0 Å². The van der Waals surface area contributed by atoms with Crippen LogP contribution in [0.2, 0.25) is 0 Å². The Bertz CT molecular complexity index is 611. The molecule has 0 unspecified atom stereocenters. The Balaban J connectivity index is 2.99. The van der Waals surface area contributed by atoms with Gasteiger partial charge >= 0.3 is 0 Å². The number of hydrogen-bond donors (Lipinski definition) is 2. The molecular formula is C17H22N2O3. The van der Waals surface area contributed by atoms with Crippen molar-refractivity contribution in [3.8, 4) is 0 Å². The van der Waals surface area contributed by atoms with Gasteiger partial charge in [0.1, 0.15) is 5.60 Å². The highest BCUT2D eigenvalue weighted by molar-refractivity contribution is 6.03. The minimum Gasteiger partial charge on any atom is -0.378 e. The van der Waals surface area contributed by atoms with Gasteiger partial charge in [-0.2, -0.15) is 0 Å². The zero-order chi connectivity index (χ0) is 16.9.